The Hall–Kier alpha value is -0.800. The quantitative estimate of drug-likeness (QED) is 0.554. The minimum absolute atomic E-state index is 0.976. The van der Waals surface area contributed by atoms with Crippen LogP contribution in [0, 0.1) is 0 Å². The van der Waals surface area contributed by atoms with Gasteiger partial charge in [0.1, 0.15) is 0 Å². The van der Waals surface area contributed by atoms with Gasteiger partial charge in [-0.1, -0.05) is 37.1 Å². The first-order valence-corrected chi connectivity index (χ1v) is 5.82. The summed E-state index contributed by atoms with van der Waals surface area (Å²) in [6, 6.07) is 0. The van der Waals surface area contributed by atoms with Crippen LogP contribution in [0.2, 0.25) is 0 Å². The normalized spacial score (nSPS) is 10.5. The van der Waals surface area contributed by atoms with Crippen molar-refractivity contribution in [1.29, 1.82) is 0 Å². The maximum atomic E-state index is 4.41. The molecule has 0 amide bonds. The number of thioether (sulfide) groups is 1. The molecule has 1 rings (SSSR count). The molecule has 0 saturated heterocycles. The van der Waals surface area contributed by atoms with E-state index in [2.05, 4.69) is 18.1 Å². The van der Waals surface area contributed by atoms with Crippen LogP contribution in [-0.2, 0) is 0 Å². The zero-order valence-electron chi connectivity index (χ0n) is 7.49. The number of rotatable bonds is 4. The van der Waals surface area contributed by atoms with Crippen LogP contribution in [0.1, 0.15) is 10.6 Å². The summed E-state index contributed by atoms with van der Waals surface area (Å²) in [7, 11) is 0. The van der Waals surface area contributed by atoms with Crippen LogP contribution in [0.25, 0.3) is 12.2 Å². The maximum absolute atomic E-state index is 4.41. The van der Waals surface area contributed by atoms with E-state index < -0.39 is 0 Å². The van der Waals surface area contributed by atoms with Crippen molar-refractivity contribution in [3.8, 4) is 0 Å². The lowest BCUT2D eigenvalue weighted by molar-refractivity contribution is 1.23. The number of hydrogen-bond acceptors (Lipinski definition) is 3. The molecular weight excluding hydrogens is 198 g/mol. The Balaban J connectivity index is 3.03. The lowest BCUT2D eigenvalue weighted by Crippen LogP contribution is -1.73. The SMILES string of the molecule is C=C/C=C\c1nc(SC)sc1C=C. The third-order valence-electron chi connectivity index (χ3n) is 1.41. The van der Waals surface area contributed by atoms with E-state index in [1.165, 1.54) is 0 Å². The molecule has 0 aliphatic rings. The van der Waals surface area contributed by atoms with E-state index in [1.807, 2.05) is 24.5 Å². The van der Waals surface area contributed by atoms with Gasteiger partial charge in [-0.05, 0) is 18.4 Å². The predicted molar refractivity (Wildman–Crippen MR) is 63.2 cm³/mol. The Morgan fingerprint density at radius 2 is 2.23 bits per heavy atom. The van der Waals surface area contributed by atoms with Gasteiger partial charge >= 0.3 is 0 Å². The highest BCUT2D eigenvalue weighted by molar-refractivity contribution is 8.00. The Morgan fingerprint density at radius 3 is 2.77 bits per heavy atom. The smallest absolute Gasteiger partial charge is 0.150 e. The van der Waals surface area contributed by atoms with Crippen molar-refractivity contribution in [2.45, 2.75) is 4.34 Å². The molecule has 0 N–H and O–H groups in total. The Morgan fingerprint density at radius 1 is 1.46 bits per heavy atom. The van der Waals surface area contributed by atoms with Gasteiger partial charge in [-0.25, -0.2) is 4.98 Å². The van der Waals surface area contributed by atoms with Gasteiger partial charge in [-0.15, -0.1) is 11.3 Å². The largest absolute Gasteiger partial charge is 0.230 e. The molecule has 3 heteroatoms. The molecule has 0 unspecified atom stereocenters. The van der Waals surface area contributed by atoms with Gasteiger partial charge in [0, 0.05) is 0 Å². The summed E-state index contributed by atoms with van der Waals surface area (Å²) in [5.41, 5.74) is 0.976. The van der Waals surface area contributed by atoms with Crippen LogP contribution in [0.15, 0.2) is 29.6 Å². The Labute approximate surface area is 86.9 Å². The molecule has 68 valence electrons. The zero-order valence-corrected chi connectivity index (χ0v) is 9.12. The van der Waals surface area contributed by atoms with Crippen LogP contribution in [0.4, 0.5) is 0 Å². The molecule has 13 heavy (non-hydrogen) atoms. The van der Waals surface area contributed by atoms with Gasteiger partial charge in [0.15, 0.2) is 4.34 Å². The molecule has 1 aromatic rings. The fourth-order valence-electron chi connectivity index (χ4n) is 0.835. The summed E-state index contributed by atoms with van der Waals surface area (Å²) in [5, 5.41) is 0. The van der Waals surface area contributed by atoms with E-state index in [-0.39, 0.29) is 0 Å². The van der Waals surface area contributed by atoms with Gasteiger partial charge in [-0.2, -0.15) is 0 Å². The highest BCUT2D eigenvalue weighted by Gasteiger charge is 2.03. The molecule has 1 heterocycles. The van der Waals surface area contributed by atoms with E-state index in [1.54, 1.807) is 29.2 Å². The third-order valence-corrected chi connectivity index (χ3v) is 3.46. The second kappa shape index (κ2) is 5.04. The highest BCUT2D eigenvalue weighted by atomic mass is 32.2. The van der Waals surface area contributed by atoms with Gasteiger partial charge in [0.25, 0.3) is 0 Å². The summed E-state index contributed by atoms with van der Waals surface area (Å²) in [6.07, 6.45) is 9.42. The molecule has 0 radical (unpaired) electrons. The molecule has 0 aromatic carbocycles. The monoisotopic (exact) mass is 209 g/mol. The van der Waals surface area contributed by atoms with Crippen molar-refractivity contribution in [1.82, 2.24) is 4.98 Å². The van der Waals surface area contributed by atoms with Crippen molar-refractivity contribution >= 4 is 35.3 Å². The van der Waals surface area contributed by atoms with Crippen molar-refractivity contribution in [2.24, 2.45) is 0 Å². The van der Waals surface area contributed by atoms with Gasteiger partial charge in [-0.3, -0.25) is 0 Å². The number of aromatic nitrogens is 1. The minimum atomic E-state index is 0.976. The standard InChI is InChI=1S/C10H11NS2/c1-4-6-7-8-9(5-2)13-10(11-8)12-3/h4-7H,1-2H2,3H3/b7-6-. The van der Waals surface area contributed by atoms with Crippen molar-refractivity contribution < 1.29 is 0 Å². The predicted octanol–water partition coefficient (Wildman–Crippen LogP) is 3.71. The summed E-state index contributed by atoms with van der Waals surface area (Å²) in [6.45, 7) is 7.36. The average Bonchev–Trinajstić information content (AvgIpc) is 2.57. The van der Waals surface area contributed by atoms with Gasteiger partial charge in [0.2, 0.25) is 0 Å². The molecular formula is C10H11NS2. The van der Waals surface area contributed by atoms with Crippen molar-refractivity contribution in [3.63, 3.8) is 0 Å². The minimum Gasteiger partial charge on any atom is -0.230 e. The molecule has 0 atom stereocenters. The molecule has 0 aliphatic carbocycles. The van der Waals surface area contributed by atoms with E-state index >= 15 is 0 Å². The first-order chi connectivity index (χ1) is 6.31. The Bertz CT molecular complexity index is 337. The summed E-state index contributed by atoms with van der Waals surface area (Å²) >= 11 is 3.31. The topological polar surface area (TPSA) is 12.9 Å². The molecule has 0 bridgehead atoms. The number of allylic oxidation sites excluding steroid dienone is 2. The van der Waals surface area contributed by atoms with Crippen LogP contribution in [-0.4, -0.2) is 11.2 Å². The molecule has 0 aliphatic heterocycles. The second-order valence-electron chi connectivity index (χ2n) is 2.23. The molecule has 0 fully saturated rings. The Kier molecular flexibility index (Phi) is 3.99. The molecule has 1 aromatic heterocycles. The fraction of sp³-hybridized carbons (Fsp3) is 0.100. The van der Waals surface area contributed by atoms with Gasteiger partial charge < -0.3 is 0 Å². The van der Waals surface area contributed by atoms with Crippen molar-refractivity contribution in [2.75, 3.05) is 6.26 Å². The van der Waals surface area contributed by atoms with E-state index in [0.717, 1.165) is 14.9 Å². The second-order valence-corrected chi connectivity index (χ2v) is 4.32. The van der Waals surface area contributed by atoms with Crippen LogP contribution in [0.5, 0.6) is 0 Å². The highest BCUT2D eigenvalue weighted by Crippen LogP contribution is 2.27. The summed E-state index contributed by atoms with van der Waals surface area (Å²) in [5.74, 6) is 0. The number of thiazole rings is 1. The van der Waals surface area contributed by atoms with E-state index in [0.29, 0.717) is 0 Å². The van der Waals surface area contributed by atoms with Crippen LogP contribution < -0.4 is 0 Å². The first kappa shape index (κ1) is 10.3. The first-order valence-electron chi connectivity index (χ1n) is 3.78. The zero-order chi connectivity index (χ0) is 9.68. The summed E-state index contributed by atoms with van der Waals surface area (Å²) < 4.78 is 1.07. The van der Waals surface area contributed by atoms with Crippen LogP contribution >= 0.6 is 23.1 Å². The fourth-order valence-corrected chi connectivity index (χ4v) is 2.26. The number of hydrogen-bond donors (Lipinski definition) is 0. The maximum Gasteiger partial charge on any atom is 0.150 e. The van der Waals surface area contributed by atoms with Gasteiger partial charge in [0.05, 0.1) is 10.6 Å². The summed E-state index contributed by atoms with van der Waals surface area (Å²) in [4.78, 5) is 5.53. The van der Waals surface area contributed by atoms with E-state index in [4.69, 9.17) is 0 Å². The number of nitrogens with zero attached hydrogens (tertiary/aromatic N) is 1. The van der Waals surface area contributed by atoms with E-state index in [9.17, 15) is 0 Å². The lowest BCUT2D eigenvalue weighted by Gasteiger charge is -1.85. The average molecular weight is 209 g/mol. The molecule has 1 nitrogen and oxygen atoms in total. The van der Waals surface area contributed by atoms with Crippen LogP contribution in [0.3, 0.4) is 0 Å². The molecule has 0 saturated carbocycles. The lowest BCUT2D eigenvalue weighted by atomic mass is 10.3. The third kappa shape index (κ3) is 2.57. The van der Waals surface area contributed by atoms with Crippen molar-refractivity contribution in [3.05, 3.63) is 35.9 Å². The molecule has 0 spiro atoms.